The fraction of sp³-hybridized carbons (Fsp3) is 0.455. The van der Waals surface area contributed by atoms with Crippen molar-refractivity contribution in [2.45, 2.75) is 31.2 Å². The third-order valence-electron chi connectivity index (χ3n) is 2.76. The molecule has 5 heteroatoms. The number of nitrogens with one attached hydrogen (secondary N) is 1. The van der Waals surface area contributed by atoms with Crippen molar-refractivity contribution in [2.24, 2.45) is 0 Å². The van der Waals surface area contributed by atoms with Crippen molar-refractivity contribution in [3.8, 4) is 0 Å². The maximum atomic E-state index is 11.5. The molecule has 0 aromatic carbocycles. The van der Waals surface area contributed by atoms with Crippen LogP contribution in [0.5, 0.6) is 0 Å². The molecule has 0 radical (unpaired) electrons. The van der Waals surface area contributed by atoms with Crippen molar-refractivity contribution in [1.82, 2.24) is 5.32 Å². The van der Waals surface area contributed by atoms with E-state index in [1.165, 1.54) is 0 Å². The molecule has 1 aromatic heterocycles. The molecule has 2 rings (SSSR count). The van der Waals surface area contributed by atoms with Gasteiger partial charge in [-0.25, -0.2) is 4.79 Å². The van der Waals surface area contributed by atoms with E-state index in [0.717, 1.165) is 5.56 Å². The van der Waals surface area contributed by atoms with Crippen LogP contribution in [0, 0.1) is 0 Å². The summed E-state index contributed by atoms with van der Waals surface area (Å²) in [6.45, 7) is 0. The van der Waals surface area contributed by atoms with E-state index in [0.29, 0.717) is 25.7 Å². The second-order valence-electron chi connectivity index (χ2n) is 4.07. The maximum absolute atomic E-state index is 11.5. The Morgan fingerprint density at radius 1 is 1.50 bits per heavy atom. The van der Waals surface area contributed by atoms with Gasteiger partial charge in [-0.2, -0.15) is 11.3 Å². The monoisotopic (exact) mass is 239 g/mol. The molecule has 1 heterocycles. The first-order valence-electron chi connectivity index (χ1n) is 5.18. The highest BCUT2D eigenvalue weighted by Gasteiger charge is 2.51. The summed E-state index contributed by atoms with van der Waals surface area (Å²) in [5.41, 5.74) is 0.173. The lowest BCUT2D eigenvalue weighted by molar-refractivity contribution is -0.143. The van der Waals surface area contributed by atoms with Crippen LogP contribution in [0.4, 0.5) is 0 Å². The predicted octanol–water partition coefficient (Wildman–Crippen LogP) is 1.41. The summed E-state index contributed by atoms with van der Waals surface area (Å²) >= 11 is 1.60. The first kappa shape index (κ1) is 11.1. The number of hydrogen-bond donors (Lipinski definition) is 2. The molecule has 1 aliphatic carbocycles. The number of hydrogen-bond acceptors (Lipinski definition) is 3. The van der Waals surface area contributed by atoms with Gasteiger partial charge in [0, 0.05) is 6.42 Å². The van der Waals surface area contributed by atoms with Gasteiger partial charge >= 0.3 is 5.97 Å². The first-order valence-corrected chi connectivity index (χ1v) is 6.12. The molecule has 0 saturated heterocycles. The SMILES string of the molecule is O=C(CCc1ccsc1)NC1(C(=O)O)CC1. The lowest BCUT2D eigenvalue weighted by Crippen LogP contribution is -2.43. The Labute approximate surface area is 97.3 Å². The summed E-state index contributed by atoms with van der Waals surface area (Å²) in [7, 11) is 0. The van der Waals surface area contributed by atoms with Crippen LogP contribution in [-0.4, -0.2) is 22.5 Å². The molecule has 4 nitrogen and oxygen atoms in total. The van der Waals surface area contributed by atoms with Crippen molar-refractivity contribution in [2.75, 3.05) is 0 Å². The van der Waals surface area contributed by atoms with E-state index in [1.54, 1.807) is 11.3 Å². The van der Waals surface area contributed by atoms with E-state index in [2.05, 4.69) is 5.32 Å². The molecule has 86 valence electrons. The number of carboxylic acid groups (broad SMARTS) is 1. The van der Waals surface area contributed by atoms with Gasteiger partial charge in [-0.05, 0) is 41.7 Å². The van der Waals surface area contributed by atoms with Gasteiger partial charge in [-0.1, -0.05) is 0 Å². The summed E-state index contributed by atoms with van der Waals surface area (Å²) in [4.78, 5) is 22.4. The second kappa shape index (κ2) is 4.25. The van der Waals surface area contributed by atoms with Crippen LogP contribution in [0.1, 0.15) is 24.8 Å². The number of carboxylic acids is 1. The Morgan fingerprint density at radius 3 is 2.75 bits per heavy atom. The Balaban J connectivity index is 1.79. The predicted molar refractivity (Wildman–Crippen MR) is 60.4 cm³/mol. The van der Waals surface area contributed by atoms with E-state index in [9.17, 15) is 9.59 Å². The molecule has 1 amide bonds. The number of thiophene rings is 1. The average molecular weight is 239 g/mol. The van der Waals surface area contributed by atoms with Crippen LogP contribution in [0.25, 0.3) is 0 Å². The van der Waals surface area contributed by atoms with Crippen LogP contribution in [0.15, 0.2) is 16.8 Å². The highest BCUT2D eigenvalue weighted by atomic mass is 32.1. The number of aryl methyl sites for hydroxylation is 1. The van der Waals surface area contributed by atoms with E-state index in [4.69, 9.17) is 5.11 Å². The molecule has 0 aliphatic heterocycles. The zero-order chi connectivity index (χ0) is 11.6. The molecule has 2 N–H and O–H groups in total. The van der Waals surface area contributed by atoms with E-state index in [-0.39, 0.29) is 5.91 Å². The van der Waals surface area contributed by atoms with Gasteiger partial charge in [0.25, 0.3) is 0 Å². The van der Waals surface area contributed by atoms with Crippen LogP contribution in [0.3, 0.4) is 0 Å². The standard InChI is InChI=1S/C11H13NO3S/c13-9(2-1-8-3-6-16-7-8)12-11(4-5-11)10(14)15/h3,6-7H,1-2,4-5H2,(H,12,13)(H,14,15). The Kier molecular flexibility index (Phi) is 2.96. The molecule has 1 aromatic rings. The summed E-state index contributed by atoms with van der Waals surface area (Å²) in [6.07, 6.45) is 2.12. The van der Waals surface area contributed by atoms with Crippen LogP contribution >= 0.6 is 11.3 Å². The largest absolute Gasteiger partial charge is 0.480 e. The van der Waals surface area contributed by atoms with Crippen LogP contribution in [0.2, 0.25) is 0 Å². The normalized spacial score (nSPS) is 16.8. The fourth-order valence-corrected chi connectivity index (χ4v) is 2.24. The van der Waals surface area contributed by atoms with Gasteiger partial charge in [-0.15, -0.1) is 0 Å². The molecular weight excluding hydrogens is 226 g/mol. The van der Waals surface area contributed by atoms with E-state index < -0.39 is 11.5 Å². The zero-order valence-corrected chi connectivity index (χ0v) is 9.55. The molecule has 0 bridgehead atoms. The van der Waals surface area contributed by atoms with Crippen molar-refractivity contribution in [1.29, 1.82) is 0 Å². The molecular formula is C11H13NO3S. The number of carbonyl (C=O) groups excluding carboxylic acids is 1. The summed E-state index contributed by atoms with van der Waals surface area (Å²) in [6, 6.07) is 1.97. The van der Waals surface area contributed by atoms with Gasteiger partial charge < -0.3 is 10.4 Å². The van der Waals surface area contributed by atoms with Gasteiger partial charge in [-0.3, -0.25) is 4.79 Å². The summed E-state index contributed by atoms with van der Waals surface area (Å²) < 4.78 is 0. The number of aliphatic carboxylic acids is 1. The lowest BCUT2D eigenvalue weighted by atomic mass is 10.1. The second-order valence-corrected chi connectivity index (χ2v) is 4.85. The van der Waals surface area contributed by atoms with Crippen LogP contribution in [-0.2, 0) is 16.0 Å². The molecule has 0 spiro atoms. The first-order chi connectivity index (χ1) is 7.62. The van der Waals surface area contributed by atoms with Crippen molar-refractivity contribution in [3.63, 3.8) is 0 Å². The highest BCUT2D eigenvalue weighted by molar-refractivity contribution is 7.07. The minimum atomic E-state index is -0.953. The molecule has 16 heavy (non-hydrogen) atoms. The Morgan fingerprint density at radius 2 is 2.25 bits per heavy atom. The molecule has 0 atom stereocenters. The fourth-order valence-electron chi connectivity index (χ4n) is 1.54. The van der Waals surface area contributed by atoms with E-state index in [1.807, 2.05) is 16.8 Å². The molecule has 1 fully saturated rings. The van der Waals surface area contributed by atoms with Gasteiger partial charge in [0.1, 0.15) is 5.54 Å². The molecule has 1 aliphatic rings. The Hall–Kier alpha value is -1.36. The molecule has 1 saturated carbocycles. The lowest BCUT2D eigenvalue weighted by Gasteiger charge is -2.11. The van der Waals surface area contributed by atoms with Gasteiger partial charge in [0.15, 0.2) is 0 Å². The third kappa shape index (κ3) is 2.41. The smallest absolute Gasteiger partial charge is 0.329 e. The van der Waals surface area contributed by atoms with Crippen molar-refractivity contribution >= 4 is 23.2 Å². The van der Waals surface area contributed by atoms with Crippen LogP contribution < -0.4 is 5.32 Å². The van der Waals surface area contributed by atoms with E-state index >= 15 is 0 Å². The Bertz CT molecular complexity index is 395. The summed E-state index contributed by atoms with van der Waals surface area (Å²) in [5, 5.41) is 15.4. The number of rotatable bonds is 5. The third-order valence-corrected chi connectivity index (χ3v) is 3.49. The summed E-state index contributed by atoms with van der Waals surface area (Å²) in [5.74, 6) is -1.09. The highest BCUT2D eigenvalue weighted by Crippen LogP contribution is 2.35. The number of amides is 1. The maximum Gasteiger partial charge on any atom is 0.329 e. The van der Waals surface area contributed by atoms with Crippen molar-refractivity contribution in [3.05, 3.63) is 22.4 Å². The topological polar surface area (TPSA) is 66.4 Å². The quantitative estimate of drug-likeness (QED) is 0.816. The van der Waals surface area contributed by atoms with Gasteiger partial charge in [0.2, 0.25) is 5.91 Å². The van der Waals surface area contributed by atoms with Gasteiger partial charge in [0.05, 0.1) is 0 Å². The average Bonchev–Trinajstić information content (AvgIpc) is 2.84. The molecule has 0 unspecified atom stereocenters. The number of carbonyl (C=O) groups is 2. The zero-order valence-electron chi connectivity index (χ0n) is 8.73. The minimum Gasteiger partial charge on any atom is -0.480 e. The van der Waals surface area contributed by atoms with Crippen molar-refractivity contribution < 1.29 is 14.7 Å². The minimum absolute atomic E-state index is 0.175.